The van der Waals surface area contributed by atoms with Crippen LogP contribution in [0.3, 0.4) is 0 Å². The van der Waals surface area contributed by atoms with E-state index in [1.54, 1.807) is 11.3 Å². The van der Waals surface area contributed by atoms with Crippen molar-refractivity contribution >= 4 is 22.4 Å². The fraction of sp³-hybridized carbons (Fsp3) is 0.700. The number of hydrogen-bond acceptors (Lipinski definition) is 7. The van der Waals surface area contributed by atoms with E-state index in [4.69, 9.17) is 0 Å². The van der Waals surface area contributed by atoms with E-state index in [9.17, 15) is 4.79 Å². The summed E-state index contributed by atoms with van der Waals surface area (Å²) in [5.41, 5.74) is 0. The Hall–Kier alpha value is -1.21. The Labute approximate surface area is 104 Å². The molecule has 0 amide bonds. The lowest BCUT2D eigenvalue weighted by molar-refractivity contribution is -0.142. The molecule has 1 saturated heterocycles. The second-order valence-electron chi connectivity index (χ2n) is 3.94. The summed E-state index contributed by atoms with van der Waals surface area (Å²) in [6.07, 6.45) is 0. The van der Waals surface area contributed by atoms with E-state index in [0.29, 0.717) is 6.54 Å². The molecule has 6 nitrogen and oxygen atoms in total. The number of carbonyl (C=O) groups is 1. The highest BCUT2D eigenvalue weighted by Gasteiger charge is 2.21. The molecule has 1 aliphatic heterocycles. The molecule has 1 fully saturated rings. The highest BCUT2D eigenvalue weighted by Crippen LogP contribution is 2.20. The molecule has 0 aromatic carbocycles. The summed E-state index contributed by atoms with van der Waals surface area (Å²) in [7, 11) is 1.42. The average Bonchev–Trinajstić information content (AvgIpc) is 2.77. The number of aryl methyl sites for hydroxylation is 1. The van der Waals surface area contributed by atoms with Gasteiger partial charge in [0, 0.05) is 26.2 Å². The molecule has 0 aliphatic carbocycles. The molecule has 7 heteroatoms. The van der Waals surface area contributed by atoms with Gasteiger partial charge < -0.3 is 9.64 Å². The zero-order valence-corrected chi connectivity index (χ0v) is 10.9. The Bertz CT molecular complexity index is 387. The predicted octanol–water partition coefficient (Wildman–Crippen LogP) is 0.142. The predicted molar refractivity (Wildman–Crippen MR) is 65.3 cm³/mol. The Kier molecular flexibility index (Phi) is 3.90. The molecule has 0 unspecified atom stereocenters. The molecule has 0 N–H and O–H groups in total. The van der Waals surface area contributed by atoms with Crippen molar-refractivity contribution < 1.29 is 9.53 Å². The van der Waals surface area contributed by atoms with Gasteiger partial charge in [-0.25, -0.2) is 0 Å². The number of ether oxygens (including phenoxy) is 1. The van der Waals surface area contributed by atoms with E-state index in [2.05, 4.69) is 24.7 Å². The molecule has 2 rings (SSSR count). The fourth-order valence-electron chi connectivity index (χ4n) is 1.76. The molecule has 0 radical (unpaired) electrons. The maximum absolute atomic E-state index is 11.1. The van der Waals surface area contributed by atoms with Crippen LogP contribution in [0, 0.1) is 6.92 Å². The lowest BCUT2D eigenvalue weighted by Gasteiger charge is -2.33. The molecule has 0 spiro atoms. The van der Waals surface area contributed by atoms with Crippen molar-refractivity contribution in [2.45, 2.75) is 6.92 Å². The number of nitrogens with zero attached hydrogens (tertiary/aromatic N) is 4. The van der Waals surface area contributed by atoms with Crippen LogP contribution in [-0.2, 0) is 9.53 Å². The monoisotopic (exact) mass is 256 g/mol. The Morgan fingerprint density at radius 3 is 2.59 bits per heavy atom. The van der Waals surface area contributed by atoms with Gasteiger partial charge in [-0.1, -0.05) is 11.3 Å². The average molecular weight is 256 g/mol. The van der Waals surface area contributed by atoms with Crippen LogP contribution < -0.4 is 4.90 Å². The van der Waals surface area contributed by atoms with Gasteiger partial charge >= 0.3 is 5.97 Å². The topological polar surface area (TPSA) is 58.6 Å². The summed E-state index contributed by atoms with van der Waals surface area (Å²) in [6, 6.07) is 0. The highest BCUT2D eigenvalue weighted by atomic mass is 32.1. The van der Waals surface area contributed by atoms with Crippen LogP contribution in [0.4, 0.5) is 5.13 Å². The summed E-state index contributed by atoms with van der Waals surface area (Å²) in [6.45, 7) is 5.80. The van der Waals surface area contributed by atoms with Gasteiger partial charge in [-0.2, -0.15) is 0 Å². The van der Waals surface area contributed by atoms with Crippen molar-refractivity contribution in [2.24, 2.45) is 0 Å². The molecule has 94 valence electrons. The number of piperazine rings is 1. The van der Waals surface area contributed by atoms with Gasteiger partial charge in [0.15, 0.2) is 0 Å². The zero-order chi connectivity index (χ0) is 12.3. The van der Waals surface area contributed by atoms with Crippen molar-refractivity contribution in [3.05, 3.63) is 5.01 Å². The van der Waals surface area contributed by atoms with Gasteiger partial charge in [0.1, 0.15) is 5.01 Å². The van der Waals surface area contributed by atoms with Gasteiger partial charge in [-0.05, 0) is 6.92 Å². The highest BCUT2D eigenvalue weighted by molar-refractivity contribution is 7.15. The zero-order valence-electron chi connectivity index (χ0n) is 10.0. The standard InChI is InChI=1S/C10H16N4O2S/c1-8-11-12-10(17-8)14-5-3-13(4-6-14)7-9(15)16-2/h3-7H2,1-2H3. The number of anilines is 1. The van der Waals surface area contributed by atoms with Gasteiger partial charge in [0.05, 0.1) is 13.7 Å². The molecule has 0 saturated carbocycles. The van der Waals surface area contributed by atoms with E-state index in [1.807, 2.05) is 6.92 Å². The SMILES string of the molecule is COC(=O)CN1CCN(c2nnc(C)s2)CC1. The maximum Gasteiger partial charge on any atom is 0.319 e. The third-order valence-corrected chi connectivity index (χ3v) is 3.64. The number of aromatic nitrogens is 2. The van der Waals surface area contributed by atoms with Crippen LogP contribution in [-0.4, -0.2) is 60.9 Å². The Morgan fingerprint density at radius 2 is 2.06 bits per heavy atom. The molecule has 1 aromatic heterocycles. The molecule has 1 aromatic rings. The molecule has 0 atom stereocenters. The first kappa shape index (κ1) is 12.3. The van der Waals surface area contributed by atoms with Crippen molar-refractivity contribution in [3.63, 3.8) is 0 Å². The van der Waals surface area contributed by atoms with Gasteiger partial charge in [-0.3, -0.25) is 9.69 Å². The number of hydrogen-bond donors (Lipinski definition) is 0. The Morgan fingerprint density at radius 1 is 1.35 bits per heavy atom. The molecule has 17 heavy (non-hydrogen) atoms. The first-order chi connectivity index (χ1) is 8.19. The molecule has 0 bridgehead atoms. The first-order valence-electron chi connectivity index (χ1n) is 5.53. The van der Waals surface area contributed by atoms with Crippen molar-refractivity contribution in [1.82, 2.24) is 15.1 Å². The first-order valence-corrected chi connectivity index (χ1v) is 6.35. The quantitative estimate of drug-likeness (QED) is 0.717. The minimum Gasteiger partial charge on any atom is -0.468 e. The number of esters is 1. The summed E-state index contributed by atoms with van der Waals surface area (Å²) >= 11 is 1.61. The van der Waals surface area contributed by atoms with E-state index in [-0.39, 0.29) is 5.97 Å². The molecule has 2 heterocycles. The summed E-state index contributed by atoms with van der Waals surface area (Å²) in [5, 5.41) is 10.1. The molecular formula is C10H16N4O2S. The largest absolute Gasteiger partial charge is 0.468 e. The van der Waals surface area contributed by atoms with Crippen molar-refractivity contribution in [3.8, 4) is 0 Å². The van der Waals surface area contributed by atoms with Gasteiger partial charge in [0.2, 0.25) is 5.13 Å². The fourth-order valence-corrected chi connectivity index (χ4v) is 2.50. The number of rotatable bonds is 3. The van der Waals surface area contributed by atoms with E-state index < -0.39 is 0 Å². The Balaban J connectivity index is 1.84. The minimum atomic E-state index is -0.176. The maximum atomic E-state index is 11.1. The summed E-state index contributed by atoms with van der Waals surface area (Å²) < 4.78 is 4.65. The molecule has 1 aliphatic rings. The van der Waals surface area contributed by atoms with E-state index in [1.165, 1.54) is 7.11 Å². The smallest absolute Gasteiger partial charge is 0.319 e. The minimum absolute atomic E-state index is 0.176. The third kappa shape index (κ3) is 3.13. The molecular weight excluding hydrogens is 240 g/mol. The van der Waals surface area contributed by atoms with Crippen LogP contribution >= 0.6 is 11.3 Å². The van der Waals surface area contributed by atoms with Crippen LogP contribution in [0.15, 0.2) is 0 Å². The van der Waals surface area contributed by atoms with E-state index in [0.717, 1.165) is 36.3 Å². The summed E-state index contributed by atoms with van der Waals surface area (Å²) in [4.78, 5) is 15.4. The van der Waals surface area contributed by atoms with Crippen LogP contribution in [0.2, 0.25) is 0 Å². The van der Waals surface area contributed by atoms with Crippen molar-refractivity contribution in [2.75, 3.05) is 44.7 Å². The summed E-state index contributed by atoms with van der Waals surface area (Å²) in [5.74, 6) is -0.176. The normalized spacial score (nSPS) is 17.2. The third-order valence-electron chi connectivity index (χ3n) is 2.74. The van der Waals surface area contributed by atoms with Crippen LogP contribution in [0.5, 0.6) is 0 Å². The second-order valence-corrected chi connectivity index (χ2v) is 5.10. The van der Waals surface area contributed by atoms with E-state index >= 15 is 0 Å². The number of carbonyl (C=O) groups excluding carboxylic acids is 1. The second kappa shape index (κ2) is 5.42. The van der Waals surface area contributed by atoms with Gasteiger partial charge in [-0.15, -0.1) is 10.2 Å². The lowest BCUT2D eigenvalue weighted by atomic mass is 10.3. The van der Waals surface area contributed by atoms with Crippen LogP contribution in [0.25, 0.3) is 0 Å². The lowest BCUT2D eigenvalue weighted by Crippen LogP contribution is -2.48. The van der Waals surface area contributed by atoms with Crippen molar-refractivity contribution in [1.29, 1.82) is 0 Å². The van der Waals surface area contributed by atoms with Gasteiger partial charge in [0.25, 0.3) is 0 Å². The van der Waals surface area contributed by atoms with Crippen LogP contribution in [0.1, 0.15) is 5.01 Å². The number of methoxy groups -OCH3 is 1.